The molecule has 4 rings (SSSR count). The zero-order valence-electron chi connectivity index (χ0n) is 18.2. The number of nitrogens with one attached hydrogen (secondary N) is 2. The number of anilines is 2. The Morgan fingerprint density at radius 3 is 1.73 bits per heavy atom. The van der Waals surface area contributed by atoms with E-state index >= 15 is 0 Å². The third-order valence-corrected chi connectivity index (χ3v) is 6.74. The number of carbonyl (C=O) groups excluding carboxylic acids is 2. The van der Waals surface area contributed by atoms with Crippen molar-refractivity contribution in [1.82, 2.24) is 9.97 Å². The lowest BCUT2D eigenvalue weighted by Gasteiger charge is -2.12. The molecule has 8 heteroatoms. The van der Waals surface area contributed by atoms with E-state index in [4.69, 9.17) is 0 Å². The third-order valence-electron chi connectivity index (χ3n) is 5.09. The number of hydrogen-bond acceptors (Lipinski definition) is 6. The van der Waals surface area contributed by atoms with E-state index in [0.29, 0.717) is 19.3 Å². The Labute approximate surface area is 200 Å². The number of benzene rings is 2. The van der Waals surface area contributed by atoms with Crippen LogP contribution in [0.15, 0.2) is 71.7 Å². The van der Waals surface area contributed by atoms with E-state index in [1.54, 1.807) is 35.1 Å². The number of thiazole rings is 2. The van der Waals surface area contributed by atoms with Crippen LogP contribution in [0.4, 0.5) is 11.4 Å². The molecule has 2 N–H and O–H groups in total. The van der Waals surface area contributed by atoms with Crippen LogP contribution in [-0.4, -0.2) is 21.8 Å². The maximum absolute atomic E-state index is 12.4. The smallest absolute Gasteiger partial charge is 0.224 e. The summed E-state index contributed by atoms with van der Waals surface area (Å²) in [4.78, 5) is 33.3. The van der Waals surface area contributed by atoms with Crippen molar-refractivity contribution in [2.45, 2.75) is 26.2 Å². The SMILES string of the molecule is CC(CCC(=O)Nc1ccc(-c2nccs2)cc1)CC(=O)Nc1ccc(-c2nccs2)cc1. The predicted octanol–water partition coefficient (Wildman–Crippen LogP) is 6.32. The van der Waals surface area contributed by atoms with E-state index < -0.39 is 0 Å². The first-order valence-corrected chi connectivity index (χ1v) is 12.4. The highest BCUT2D eigenvalue weighted by atomic mass is 32.1. The minimum atomic E-state index is -0.0537. The van der Waals surface area contributed by atoms with Gasteiger partial charge in [-0.3, -0.25) is 9.59 Å². The molecule has 2 amide bonds. The topological polar surface area (TPSA) is 84.0 Å². The molecule has 0 bridgehead atoms. The Hall–Kier alpha value is -3.36. The summed E-state index contributed by atoms with van der Waals surface area (Å²) in [7, 11) is 0. The fourth-order valence-electron chi connectivity index (χ4n) is 3.36. The first kappa shape index (κ1) is 22.8. The molecule has 33 heavy (non-hydrogen) atoms. The highest BCUT2D eigenvalue weighted by molar-refractivity contribution is 7.13. The first-order valence-electron chi connectivity index (χ1n) is 10.7. The van der Waals surface area contributed by atoms with Gasteiger partial charge in [0, 0.05) is 58.5 Å². The average molecular weight is 477 g/mol. The number of aromatic nitrogens is 2. The van der Waals surface area contributed by atoms with Crippen LogP contribution in [0, 0.1) is 5.92 Å². The van der Waals surface area contributed by atoms with Gasteiger partial charge in [-0.15, -0.1) is 22.7 Å². The monoisotopic (exact) mass is 476 g/mol. The van der Waals surface area contributed by atoms with Gasteiger partial charge < -0.3 is 10.6 Å². The molecule has 1 unspecified atom stereocenters. The Morgan fingerprint density at radius 1 is 0.788 bits per heavy atom. The fraction of sp³-hybridized carbons (Fsp3) is 0.200. The van der Waals surface area contributed by atoms with Gasteiger partial charge in [-0.1, -0.05) is 6.92 Å². The van der Waals surface area contributed by atoms with Crippen LogP contribution in [0.2, 0.25) is 0 Å². The minimum absolute atomic E-state index is 0.0531. The van der Waals surface area contributed by atoms with Gasteiger partial charge in [-0.2, -0.15) is 0 Å². The van der Waals surface area contributed by atoms with Crippen molar-refractivity contribution in [3.63, 3.8) is 0 Å². The summed E-state index contributed by atoms with van der Waals surface area (Å²) in [6.45, 7) is 1.99. The van der Waals surface area contributed by atoms with Crippen LogP contribution in [0.3, 0.4) is 0 Å². The average Bonchev–Trinajstić information content (AvgIpc) is 3.53. The van der Waals surface area contributed by atoms with Crippen LogP contribution >= 0.6 is 22.7 Å². The molecule has 0 aliphatic rings. The molecule has 0 fully saturated rings. The molecule has 0 saturated carbocycles. The molecule has 0 aliphatic carbocycles. The minimum Gasteiger partial charge on any atom is -0.326 e. The Kier molecular flexibility index (Phi) is 7.59. The van der Waals surface area contributed by atoms with E-state index in [-0.39, 0.29) is 17.7 Å². The Bertz CT molecular complexity index is 1170. The maximum atomic E-state index is 12.4. The molecule has 0 spiro atoms. The summed E-state index contributed by atoms with van der Waals surface area (Å²) >= 11 is 3.16. The largest absolute Gasteiger partial charge is 0.326 e. The summed E-state index contributed by atoms with van der Waals surface area (Å²) in [5.41, 5.74) is 3.57. The summed E-state index contributed by atoms with van der Waals surface area (Å²) < 4.78 is 0. The van der Waals surface area contributed by atoms with Gasteiger partial charge in [0.25, 0.3) is 0 Å². The van der Waals surface area contributed by atoms with Gasteiger partial charge in [0.05, 0.1) is 0 Å². The van der Waals surface area contributed by atoms with Crippen molar-refractivity contribution in [3.8, 4) is 21.1 Å². The molecule has 0 saturated heterocycles. The number of amides is 2. The third kappa shape index (κ3) is 6.57. The van der Waals surface area contributed by atoms with E-state index in [1.165, 1.54) is 0 Å². The second-order valence-electron chi connectivity index (χ2n) is 7.77. The molecule has 2 aromatic heterocycles. The zero-order valence-corrected chi connectivity index (χ0v) is 19.8. The molecule has 0 radical (unpaired) electrons. The highest BCUT2D eigenvalue weighted by Gasteiger charge is 2.12. The molecule has 168 valence electrons. The van der Waals surface area contributed by atoms with Crippen molar-refractivity contribution in [2.24, 2.45) is 5.92 Å². The van der Waals surface area contributed by atoms with E-state index in [2.05, 4.69) is 20.6 Å². The number of rotatable bonds is 9. The number of carbonyl (C=O) groups is 2. The van der Waals surface area contributed by atoms with Crippen molar-refractivity contribution in [1.29, 1.82) is 0 Å². The van der Waals surface area contributed by atoms with Crippen LogP contribution in [-0.2, 0) is 9.59 Å². The van der Waals surface area contributed by atoms with Crippen molar-refractivity contribution in [2.75, 3.05) is 10.6 Å². The van der Waals surface area contributed by atoms with Gasteiger partial charge in [0.1, 0.15) is 10.0 Å². The van der Waals surface area contributed by atoms with Gasteiger partial charge in [-0.25, -0.2) is 9.97 Å². The van der Waals surface area contributed by atoms with Crippen LogP contribution in [0.1, 0.15) is 26.2 Å². The van der Waals surface area contributed by atoms with Gasteiger partial charge in [0.15, 0.2) is 0 Å². The standard InChI is InChI=1S/C25H24N4O2S2/c1-17(16-23(31)29-21-9-5-19(6-10-21)25-27-13-15-33-25)2-11-22(30)28-20-7-3-18(4-8-20)24-26-12-14-32-24/h3-10,12-15,17H,2,11,16H2,1H3,(H,28,30)(H,29,31). The highest BCUT2D eigenvalue weighted by Crippen LogP contribution is 2.24. The molecule has 4 aromatic rings. The van der Waals surface area contributed by atoms with E-state index in [1.807, 2.05) is 66.2 Å². The molecular weight excluding hydrogens is 452 g/mol. The van der Waals surface area contributed by atoms with Crippen LogP contribution < -0.4 is 10.6 Å². The Balaban J connectivity index is 1.19. The summed E-state index contributed by atoms with van der Waals surface area (Å²) in [6.07, 6.45) is 4.92. The van der Waals surface area contributed by atoms with Crippen molar-refractivity contribution >= 4 is 45.9 Å². The second kappa shape index (κ2) is 11.0. The lowest BCUT2D eigenvalue weighted by molar-refractivity contribution is -0.118. The zero-order chi connectivity index (χ0) is 23.0. The van der Waals surface area contributed by atoms with E-state index in [0.717, 1.165) is 32.5 Å². The molecule has 6 nitrogen and oxygen atoms in total. The molecule has 2 aromatic carbocycles. The lowest BCUT2D eigenvalue weighted by atomic mass is 10.0. The Morgan fingerprint density at radius 2 is 1.27 bits per heavy atom. The second-order valence-corrected chi connectivity index (χ2v) is 9.56. The molecule has 2 heterocycles. The van der Waals surface area contributed by atoms with Crippen molar-refractivity contribution in [3.05, 3.63) is 71.7 Å². The van der Waals surface area contributed by atoms with Gasteiger partial charge in [-0.05, 0) is 60.9 Å². The normalized spacial score (nSPS) is 11.7. The quantitative estimate of drug-likeness (QED) is 0.296. The van der Waals surface area contributed by atoms with Crippen LogP contribution in [0.5, 0.6) is 0 Å². The fourth-order valence-corrected chi connectivity index (χ4v) is 4.64. The van der Waals surface area contributed by atoms with Crippen LogP contribution in [0.25, 0.3) is 21.1 Å². The number of nitrogens with zero attached hydrogens (tertiary/aromatic N) is 2. The summed E-state index contributed by atoms with van der Waals surface area (Å²) in [6, 6.07) is 15.3. The summed E-state index contributed by atoms with van der Waals surface area (Å²) in [5, 5.41) is 11.6. The van der Waals surface area contributed by atoms with Gasteiger partial charge >= 0.3 is 0 Å². The summed E-state index contributed by atoms with van der Waals surface area (Å²) in [5.74, 6) is -0.0117. The first-order chi connectivity index (χ1) is 16.1. The molecular formula is C25H24N4O2S2. The van der Waals surface area contributed by atoms with E-state index in [9.17, 15) is 9.59 Å². The lowest BCUT2D eigenvalue weighted by Crippen LogP contribution is -2.17. The van der Waals surface area contributed by atoms with Crippen molar-refractivity contribution < 1.29 is 9.59 Å². The number of hydrogen-bond donors (Lipinski definition) is 2. The molecule has 1 atom stereocenters. The molecule has 0 aliphatic heterocycles. The predicted molar refractivity (Wildman–Crippen MR) is 135 cm³/mol. The maximum Gasteiger partial charge on any atom is 0.224 e. The van der Waals surface area contributed by atoms with Gasteiger partial charge in [0.2, 0.25) is 11.8 Å².